The molecule has 0 bridgehead atoms. The van der Waals surface area contributed by atoms with Crippen LogP contribution in [-0.2, 0) is 12.6 Å². The Bertz CT molecular complexity index is 590. The number of thiazole rings is 1. The van der Waals surface area contributed by atoms with Crippen molar-refractivity contribution in [1.82, 2.24) is 20.5 Å². The number of halogens is 7. The number of alkyl halides is 6. The molecular formula is C15H24F6IN5S. The maximum atomic E-state index is 12.5. The van der Waals surface area contributed by atoms with Gasteiger partial charge in [-0.15, -0.1) is 35.3 Å². The Labute approximate surface area is 181 Å². The molecule has 0 unspecified atom stereocenters. The summed E-state index contributed by atoms with van der Waals surface area (Å²) >= 11 is 0.942. The van der Waals surface area contributed by atoms with Crippen LogP contribution in [0.2, 0.25) is 0 Å². The van der Waals surface area contributed by atoms with Crippen LogP contribution in [-0.4, -0.2) is 61.8 Å². The maximum absolute atomic E-state index is 12.5. The Morgan fingerprint density at radius 2 is 1.89 bits per heavy atom. The highest BCUT2D eigenvalue weighted by Crippen LogP contribution is 2.29. The Morgan fingerprint density at radius 1 is 1.21 bits per heavy atom. The molecule has 0 aromatic carbocycles. The van der Waals surface area contributed by atoms with Crippen LogP contribution in [0.3, 0.4) is 0 Å². The summed E-state index contributed by atoms with van der Waals surface area (Å²) in [6.07, 6.45) is -7.92. The molecule has 1 rings (SSSR count). The third-order valence-corrected chi connectivity index (χ3v) is 4.14. The molecule has 0 spiro atoms. The molecule has 0 aliphatic rings. The molecule has 1 aromatic rings. The van der Waals surface area contributed by atoms with Crippen molar-refractivity contribution >= 4 is 41.3 Å². The fourth-order valence-corrected chi connectivity index (χ4v) is 2.91. The lowest BCUT2D eigenvalue weighted by atomic mass is 10.4. The summed E-state index contributed by atoms with van der Waals surface area (Å²) in [5.41, 5.74) is -0.897. The first-order chi connectivity index (χ1) is 12.5. The Kier molecular flexibility index (Phi) is 12.3. The number of guanidine groups is 1. The average Bonchev–Trinajstić information content (AvgIpc) is 2.99. The third kappa shape index (κ3) is 11.9. The van der Waals surface area contributed by atoms with Crippen molar-refractivity contribution < 1.29 is 26.3 Å². The lowest BCUT2D eigenvalue weighted by molar-refractivity contribution is -0.143. The second-order valence-electron chi connectivity index (χ2n) is 5.77. The summed E-state index contributed by atoms with van der Waals surface area (Å²) in [5.74, 6) is 0.462. The summed E-state index contributed by atoms with van der Waals surface area (Å²) in [7, 11) is 1.39. The summed E-state index contributed by atoms with van der Waals surface area (Å²) in [6, 6.07) is 0. The monoisotopic (exact) mass is 547 g/mol. The van der Waals surface area contributed by atoms with Gasteiger partial charge in [0, 0.05) is 31.4 Å². The fourth-order valence-electron chi connectivity index (χ4n) is 2.10. The molecule has 0 aliphatic carbocycles. The predicted octanol–water partition coefficient (Wildman–Crippen LogP) is 3.76. The van der Waals surface area contributed by atoms with E-state index < -0.39 is 24.6 Å². The Balaban J connectivity index is 0.00000729. The number of aliphatic imine (C=N–C) groups is 1. The quantitative estimate of drug-likeness (QED) is 0.163. The van der Waals surface area contributed by atoms with E-state index in [4.69, 9.17) is 0 Å². The second kappa shape index (κ2) is 12.7. The van der Waals surface area contributed by atoms with E-state index in [1.165, 1.54) is 11.9 Å². The van der Waals surface area contributed by atoms with E-state index >= 15 is 0 Å². The Hall–Kier alpha value is -0.830. The van der Waals surface area contributed by atoms with Crippen LogP contribution < -0.4 is 10.6 Å². The fraction of sp³-hybridized carbons (Fsp3) is 0.733. The average molecular weight is 547 g/mol. The number of aromatic nitrogens is 1. The van der Waals surface area contributed by atoms with Crippen LogP contribution in [0.1, 0.15) is 24.0 Å². The van der Waals surface area contributed by atoms with Gasteiger partial charge in [0.1, 0.15) is 0 Å². The summed E-state index contributed by atoms with van der Waals surface area (Å²) in [5, 5.41) is 7.29. The molecule has 1 heterocycles. The normalized spacial score (nSPS) is 12.8. The molecule has 28 heavy (non-hydrogen) atoms. The van der Waals surface area contributed by atoms with Gasteiger partial charge in [-0.3, -0.25) is 9.89 Å². The van der Waals surface area contributed by atoms with Gasteiger partial charge in [0.2, 0.25) is 0 Å². The van der Waals surface area contributed by atoms with Crippen LogP contribution in [0.5, 0.6) is 0 Å². The molecule has 0 aliphatic heterocycles. The minimum Gasteiger partial charge on any atom is -0.357 e. The third-order valence-electron chi connectivity index (χ3n) is 3.23. The highest BCUT2D eigenvalue weighted by molar-refractivity contribution is 14.0. The van der Waals surface area contributed by atoms with Gasteiger partial charge in [-0.25, -0.2) is 4.98 Å². The van der Waals surface area contributed by atoms with Crippen molar-refractivity contribution in [3.63, 3.8) is 0 Å². The van der Waals surface area contributed by atoms with Crippen molar-refractivity contribution in [2.75, 3.05) is 39.8 Å². The first-order valence-corrected chi connectivity index (χ1v) is 9.18. The van der Waals surface area contributed by atoms with Gasteiger partial charge >= 0.3 is 12.4 Å². The summed E-state index contributed by atoms with van der Waals surface area (Å²) in [4.78, 5) is 8.97. The van der Waals surface area contributed by atoms with Crippen LogP contribution in [0, 0.1) is 0 Å². The topological polar surface area (TPSA) is 52.6 Å². The SMILES string of the molecule is CCNC(=NCCCN(C)CC(F)(F)F)NCCc1nc(C(F)(F)F)cs1.I. The highest BCUT2D eigenvalue weighted by Gasteiger charge is 2.33. The molecule has 0 saturated heterocycles. The van der Waals surface area contributed by atoms with Gasteiger partial charge in [-0.2, -0.15) is 26.3 Å². The van der Waals surface area contributed by atoms with E-state index in [0.29, 0.717) is 43.4 Å². The number of nitrogens with zero attached hydrogens (tertiary/aromatic N) is 3. The smallest absolute Gasteiger partial charge is 0.357 e. The molecule has 1 aromatic heterocycles. The molecule has 0 saturated carbocycles. The molecule has 0 fully saturated rings. The van der Waals surface area contributed by atoms with Crippen molar-refractivity contribution in [2.24, 2.45) is 4.99 Å². The molecule has 164 valence electrons. The van der Waals surface area contributed by atoms with Gasteiger partial charge in [0.05, 0.1) is 11.6 Å². The van der Waals surface area contributed by atoms with Gasteiger partial charge in [-0.1, -0.05) is 0 Å². The standard InChI is InChI=1S/C15H23F6N5S.HI/c1-3-22-13(23-6-4-8-26(2)10-14(16,17)18)24-7-5-12-25-11(9-27-12)15(19,20)21;/h9H,3-8,10H2,1-2H3,(H2,22,23,24);1H. The largest absolute Gasteiger partial charge is 0.434 e. The zero-order chi connectivity index (χ0) is 20.5. The van der Waals surface area contributed by atoms with E-state index in [0.717, 1.165) is 16.7 Å². The first kappa shape index (κ1) is 27.2. The van der Waals surface area contributed by atoms with Gasteiger partial charge < -0.3 is 10.6 Å². The van der Waals surface area contributed by atoms with Gasteiger partial charge in [0.15, 0.2) is 11.7 Å². The predicted molar refractivity (Wildman–Crippen MR) is 108 cm³/mol. The van der Waals surface area contributed by atoms with Crippen LogP contribution >= 0.6 is 35.3 Å². The zero-order valence-electron chi connectivity index (χ0n) is 15.5. The minimum atomic E-state index is -4.45. The van der Waals surface area contributed by atoms with E-state index in [2.05, 4.69) is 20.6 Å². The lowest BCUT2D eigenvalue weighted by Crippen LogP contribution is -2.38. The van der Waals surface area contributed by atoms with Gasteiger partial charge in [-0.05, 0) is 26.9 Å². The second-order valence-corrected chi connectivity index (χ2v) is 6.71. The van der Waals surface area contributed by atoms with E-state index in [9.17, 15) is 26.3 Å². The van der Waals surface area contributed by atoms with Crippen LogP contribution in [0.25, 0.3) is 0 Å². The first-order valence-electron chi connectivity index (χ1n) is 8.30. The zero-order valence-corrected chi connectivity index (χ0v) is 18.6. The van der Waals surface area contributed by atoms with E-state index in [1.807, 2.05) is 6.92 Å². The molecular weight excluding hydrogens is 523 g/mol. The summed E-state index contributed by atoms with van der Waals surface area (Å²) in [6.45, 7) is 2.38. The number of hydrogen-bond acceptors (Lipinski definition) is 4. The van der Waals surface area contributed by atoms with Gasteiger partial charge in [0.25, 0.3) is 0 Å². The minimum absolute atomic E-state index is 0. The number of nitrogens with one attached hydrogen (secondary N) is 2. The number of rotatable bonds is 9. The maximum Gasteiger partial charge on any atom is 0.434 e. The summed E-state index contributed by atoms with van der Waals surface area (Å²) < 4.78 is 74.2. The molecule has 0 atom stereocenters. The van der Waals surface area contributed by atoms with E-state index in [1.54, 1.807) is 0 Å². The van der Waals surface area contributed by atoms with Crippen LogP contribution in [0.15, 0.2) is 10.4 Å². The highest BCUT2D eigenvalue weighted by atomic mass is 127. The molecule has 0 amide bonds. The van der Waals surface area contributed by atoms with Crippen LogP contribution in [0.4, 0.5) is 26.3 Å². The molecule has 2 N–H and O–H groups in total. The lowest BCUT2D eigenvalue weighted by Gasteiger charge is -2.18. The number of hydrogen-bond donors (Lipinski definition) is 2. The molecule has 0 radical (unpaired) electrons. The van der Waals surface area contributed by atoms with Crippen molar-refractivity contribution in [1.29, 1.82) is 0 Å². The Morgan fingerprint density at radius 3 is 2.43 bits per heavy atom. The van der Waals surface area contributed by atoms with Crippen molar-refractivity contribution in [3.8, 4) is 0 Å². The van der Waals surface area contributed by atoms with Crippen molar-refractivity contribution in [2.45, 2.75) is 32.1 Å². The van der Waals surface area contributed by atoms with Crippen molar-refractivity contribution in [3.05, 3.63) is 16.1 Å². The van der Waals surface area contributed by atoms with E-state index in [-0.39, 0.29) is 30.5 Å². The molecule has 13 heteroatoms. The molecule has 5 nitrogen and oxygen atoms in total.